The van der Waals surface area contributed by atoms with Crippen LogP contribution in [0.4, 0.5) is 5.69 Å². The lowest BCUT2D eigenvalue weighted by Crippen LogP contribution is -2.14. The minimum Gasteiger partial charge on any atom is -0.496 e. The smallest absolute Gasteiger partial charge is 0.291 e. The highest BCUT2D eigenvalue weighted by Crippen LogP contribution is 2.36. The van der Waals surface area contributed by atoms with Gasteiger partial charge in [0.2, 0.25) is 5.78 Å². The van der Waals surface area contributed by atoms with Crippen molar-refractivity contribution in [1.29, 1.82) is 0 Å². The standard InChI is InChI=1S/C27H19BrClNO5/c1-13-10-22-17(12-19(13)29)14(2)25(35-22)27(32)30-23-16-6-4-5-7-20(16)34-26(23)24(31)15-8-9-21(33-3)18(28)11-15/h4-12H,1-3H3,(H,30,32). The van der Waals surface area contributed by atoms with E-state index in [-0.39, 0.29) is 23.0 Å². The fourth-order valence-corrected chi connectivity index (χ4v) is 4.70. The monoisotopic (exact) mass is 551 g/mol. The minimum atomic E-state index is -0.496. The van der Waals surface area contributed by atoms with E-state index >= 15 is 0 Å². The highest BCUT2D eigenvalue weighted by atomic mass is 79.9. The van der Waals surface area contributed by atoms with Crippen molar-refractivity contribution in [2.24, 2.45) is 0 Å². The molecule has 0 saturated heterocycles. The number of ketones is 1. The molecule has 2 heterocycles. The topological polar surface area (TPSA) is 81.7 Å². The third kappa shape index (κ3) is 4.00. The van der Waals surface area contributed by atoms with Crippen molar-refractivity contribution < 1.29 is 23.2 Å². The van der Waals surface area contributed by atoms with Crippen LogP contribution in [0.5, 0.6) is 5.75 Å². The van der Waals surface area contributed by atoms with E-state index in [4.69, 9.17) is 25.2 Å². The van der Waals surface area contributed by atoms with Gasteiger partial charge in [0.1, 0.15) is 16.9 Å². The Hall–Kier alpha value is -3.55. The zero-order chi connectivity index (χ0) is 24.9. The number of amides is 1. The molecule has 0 saturated carbocycles. The number of fused-ring (bicyclic) bond motifs is 2. The Balaban J connectivity index is 1.58. The molecule has 5 aromatic rings. The molecule has 0 bridgehead atoms. The molecule has 1 N–H and O–H groups in total. The van der Waals surface area contributed by atoms with Crippen LogP contribution in [0.2, 0.25) is 5.02 Å². The molecule has 2 aromatic heterocycles. The molecule has 0 aliphatic rings. The van der Waals surface area contributed by atoms with Crippen molar-refractivity contribution in [2.75, 3.05) is 12.4 Å². The summed E-state index contributed by atoms with van der Waals surface area (Å²) in [7, 11) is 1.55. The molecule has 0 aliphatic heterocycles. The molecule has 5 rings (SSSR count). The average molecular weight is 553 g/mol. The number of anilines is 1. The summed E-state index contributed by atoms with van der Waals surface area (Å²) in [4.78, 5) is 26.8. The molecule has 1 amide bonds. The first-order valence-corrected chi connectivity index (χ1v) is 11.9. The summed E-state index contributed by atoms with van der Waals surface area (Å²) in [6.45, 7) is 3.66. The van der Waals surface area contributed by atoms with Crippen LogP contribution in [0.25, 0.3) is 21.9 Å². The van der Waals surface area contributed by atoms with Crippen molar-refractivity contribution in [1.82, 2.24) is 0 Å². The van der Waals surface area contributed by atoms with E-state index in [1.807, 2.05) is 13.0 Å². The Morgan fingerprint density at radius 3 is 2.43 bits per heavy atom. The first-order valence-electron chi connectivity index (χ1n) is 10.7. The lowest BCUT2D eigenvalue weighted by atomic mass is 10.1. The van der Waals surface area contributed by atoms with Crippen molar-refractivity contribution >= 4 is 66.8 Å². The van der Waals surface area contributed by atoms with Gasteiger partial charge >= 0.3 is 0 Å². The number of benzene rings is 3. The van der Waals surface area contributed by atoms with E-state index in [1.165, 1.54) is 0 Å². The number of rotatable bonds is 5. The van der Waals surface area contributed by atoms with Crippen LogP contribution >= 0.6 is 27.5 Å². The number of ether oxygens (including phenoxy) is 1. The van der Waals surface area contributed by atoms with Crippen LogP contribution in [0.15, 0.2) is 67.9 Å². The maximum Gasteiger partial charge on any atom is 0.291 e. The summed E-state index contributed by atoms with van der Waals surface area (Å²) in [6, 6.07) is 15.7. The average Bonchev–Trinajstić information content (AvgIpc) is 3.36. The highest BCUT2D eigenvalue weighted by Gasteiger charge is 2.26. The number of hydrogen-bond donors (Lipinski definition) is 1. The molecule has 176 valence electrons. The third-order valence-electron chi connectivity index (χ3n) is 5.88. The van der Waals surface area contributed by atoms with Gasteiger partial charge in [-0.2, -0.15) is 0 Å². The number of hydrogen-bond acceptors (Lipinski definition) is 5. The quantitative estimate of drug-likeness (QED) is 0.226. The van der Waals surface area contributed by atoms with Crippen LogP contribution in [-0.2, 0) is 0 Å². The Morgan fingerprint density at radius 1 is 0.943 bits per heavy atom. The zero-order valence-corrected chi connectivity index (χ0v) is 21.3. The zero-order valence-electron chi connectivity index (χ0n) is 19.0. The van der Waals surface area contributed by atoms with E-state index < -0.39 is 5.91 Å². The lowest BCUT2D eigenvalue weighted by Gasteiger charge is -2.07. The van der Waals surface area contributed by atoms with E-state index in [0.717, 1.165) is 10.9 Å². The largest absolute Gasteiger partial charge is 0.496 e. The van der Waals surface area contributed by atoms with Gasteiger partial charge in [0.05, 0.1) is 17.3 Å². The van der Waals surface area contributed by atoms with Crippen LogP contribution in [0, 0.1) is 13.8 Å². The van der Waals surface area contributed by atoms with Gasteiger partial charge in [-0.15, -0.1) is 0 Å². The summed E-state index contributed by atoms with van der Waals surface area (Å²) in [6.07, 6.45) is 0. The number of aryl methyl sites for hydroxylation is 2. The molecule has 0 atom stereocenters. The third-order valence-corrected chi connectivity index (χ3v) is 6.90. The summed E-state index contributed by atoms with van der Waals surface area (Å²) < 4.78 is 17.7. The van der Waals surface area contributed by atoms with Gasteiger partial charge in [0.25, 0.3) is 5.91 Å². The van der Waals surface area contributed by atoms with Gasteiger partial charge in [-0.25, -0.2) is 0 Å². The van der Waals surface area contributed by atoms with Crippen molar-refractivity contribution in [2.45, 2.75) is 13.8 Å². The second-order valence-corrected chi connectivity index (χ2v) is 9.35. The van der Waals surface area contributed by atoms with Gasteiger partial charge < -0.3 is 18.9 Å². The molecular weight excluding hydrogens is 534 g/mol. The van der Waals surface area contributed by atoms with E-state index in [0.29, 0.717) is 42.9 Å². The number of furan rings is 2. The molecule has 35 heavy (non-hydrogen) atoms. The van der Waals surface area contributed by atoms with Crippen LogP contribution in [0.3, 0.4) is 0 Å². The maximum absolute atomic E-state index is 13.4. The molecule has 0 fully saturated rings. The fourth-order valence-electron chi connectivity index (χ4n) is 4.00. The summed E-state index contributed by atoms with van der Waals surface area (Å²) in [5.74, 6) is -0.134. The van der Waals surface area contributed by atoms with Crippen molar-refractivity contribution in [3.05, 3.63) is 92.3 Å². The number of para-hydroxylation sites is 1. The molecular formula is C27H19BrClNO5. The molecule has 0 spiro atoms. The predicted octanol–water partition coefficient (Wildman–Crippen LogP) is 7.70. The number of carbonyl (C=O) groups is 2. The number of methoxy groups -OCH3 is 1. The molecule has 6 nitrogen and oxygen atoms in total. The maximum atomic E-state index is 13.4. The van der Waals surface area contributed by atoms with Crippen LogP contribution in [-0.4, -0.2) is 18.8 Å². The Kier molecular flexibility index (Phi) is 5.91. The summed E-state index contributed by atoms with van der Waals surface area (Å²) in [5.41, 5.74) is 3.18. The minimum absolute atomic E-state index is 0.0178. The predicted molar refractivity (Wildman–Crippen MR) is 139 cm³/mol. The normalized spacial score (nSPS) is 11.2. The first kappa shape index (κ1) is 23.2. The van der Waals surface area contributed by atoms with Gasteiger partial charge in [-0.3, -0.25) is 9.59 Å². The second-order valence-electron chi connectivity index (χ2n) is 8.09. The highest BCUT2D eigenvalue weighted by molar-refractivity contribution is 9.10. The number of carbonyl (C=O) groups excluding carboxylic acids is 2. The van der Waals surface area contributed by atoms with Gasteiger partial charge in [-0.05, 0) is 77.8 Å². The Bertz CT molecular complexity index is 1650. The van der Waals surface area contributed by atoms with E-state index in [2.05, 4.69) is 21.2 Å². The SMILES string of the molecule is COc1ccc(C(=O)c2oc3ccccc3c2NC(=O)c2oc3cc(C)c(Cl)cc3c2C)cc1Br. The van der Waals surface area contributed by atoms with Crippen molar-refractivity contribution in [3.8, 4) is 5.75 Å². The fraction of sp³-hybridized carbons (Fsp3) is 0.111. The molecule has 8 heteroatoms. The van der Waals surface area contributed by atoms with Gasteiger partial charge in [0, 0.05) is 26.9 Å². The van der Waals surface area contributed by atoms with Crippen LogP contribution < -0.4 is 10.1 Å². The van der Waals surface area contributed by atoms with Gasteiger partial charge in [-0.1, -0.05) is 23.7 Å². The lowest BCUT2D eigenvalue weighted by molar-refractivity contribution is 0.0997. The first-order chi connectivity index (χ1) is 16.8. The van der Waals surface area contributed by atoms with E-state index in [1.54, 1.807) is 62.6 Å². The molecule has 3 aromatic carbocycles. The van der Waals surface area contributed by atoms with Crippen LogP contribution in [0.1, 0.15) is 37.8 Å². The summed E-state index contributed by atoms with van der Waals surface area (Å²) in [5, 5.41) is 4.80. The number of nitrogens with one attached hydrogen (secondary N) is 1. The Labute approximate surface area is 213 Å². The second kappa shape index (κ2) is 8.91. The molecule has 0 unspecified atom stereocenters. The van der Waals surface area contributed by atoms with Gasteiger partial charge in [0.15, 0.2) is 11.5 Å². The summed E-state index contributed by atoms with van der Waals surface area (Å²) >= 11 is 9.68. The molecule has 0 radical (unpaired) electrons. The van der Waals surface area contributed by atoms with E-state index in [9.17, 15) is 9.59 Å². The van der Waals surface area contributed by atoms with Crippen molar-refractivity contribution in [3.63, 3.8) is 0 Å². The number of halogens is 2. The Morgan fingerprint density at radius 2 is 1.69 bits per heavy atom. The molecule has 0 aliphatic carbocycles.